The van der Waals surface area contributed by atoms with E-state index < -0.39 is 21.7 Å². The van der Waals surface area contributed by atoms with Crippen molar-refractivity contribution in [1.82, 2.24) is 19.9 Å². The lowest BCUT2D eigenvalue weighted by Gasteiger charge is -2.21. The third-order valence-corrected chi connectivity index (χ3v) is 7.66. The number of sulfonamides is 1. The van der Waals surface area contributed by atoms with E-state index in [1.807, 2.05) is 30.9 Å². The molecule has 2 aromatic heterocycles. The van der Waals surface area contributed by atoms with Gasteiger partial charge in [-0.2, -0.15) is 13.5 Å². The average molecular weight is 538 g/mol. The predicted molar refractivity (Wildman–Crippen MR) is 141 cm³/mol. The van der Waals surface area contributed by atoms with E-state index in [1.54, 1.807) is 12.1 Å². The molecule has 11 heteroatoms. The van der Waals surface area contributed by atoms with Gasteiger partial charge in [-0.15, -0.1) is 0 Å². The zero-order chi connectivity index (χ0) is 26.9. The van der Waals surface area contributed by atoms with Crippen LogP contribution < -0.4 is 14.4 Å². The van der Waals surface area contributed by atoms with Gasteiger partial charge in [-0.3, -0.25) is 9.89 Å². The number of aromatic amines is 1. The summed E-state index contributed by atoms with van der Waals surface area (Å²) in [5.74, 6) is 0.149. The van der Waals surface area contributed by atoms with Gasteiger partial charge in [0.15, 0.2) is 5.03 Å². The average Bonchev–Trinajstić information content (AvgIpc) is 3.57. The van der Waals surface area contributed by atoms with E-state index in [4.69, 9.17) is 9.72 Å². The lowest BCUT2D eigenvalue weighted by Crippen LogP contribution is -2.33. The summed E-state index contributed by atoms with van der Waals surface area (Å²) in [7, 11) is -4.16. The van der Waals surface area contributed by atoms with E-state index >= 15 is 0 Å². The number of carbonyl (C=O) groups is 1. The number of nitrogens with one attached hydrogen (secondary N) is 2. The summed E-state index contributed by atoms with van der Waals surface area (Å²) in [5, 5.41) is 5.77. The van der Waals surface area contributed by atoms with Crippen LogP contribution >= 0.6 is 0 Å². The molecule has 1 aliphatic carbocycles. The number of nitrogens with zero attached hydrogens (tertiary/aromatic N) is 3. The molecule has 1 saturated heterocycles. The Morgan fingerprint density at radius 3 is 2.55 bits per heavy atom. The Balaban J connectivity index is 1.52. The summed E-state index contributed by atoms with van der Waals surface area (Å²) < 4.78 is 47.7. The van der Waals surface area contributed by atoms with Crippen LogP contribution in [-0.4, -0.2) is 49.2 Å². The molecule has 1 aromatic carbocycles. The zero-order valence-electron chi connectivity index (χ0n) is 21.0. The number of ether oxygens (including phenoxy) is 1. The van der Waals surface area contributed by atoms with Crippen LogP contribution in [-0.2, 0) is 10.0 Å². The Kier molecular flexibility index (Phi) is 7.02. The molecule has 0 saturated carbocycles. The van der Waals surface area contributed by atoms with Crippen molar-refractivity contribution in [3.8, 4) is 17.0 Å². The Bertz CT molecular complexity index is 1480. The number of carbonyl (C=O) groups excluding carboxylic acids is 1. The fraction of sp³-hybridized carbons (Fsp3) is 0.296. The second kappa shape index (κ2) is 10.4. The van der Waals surface area contributed by atoms with Crippen molar-refractivity contribution in [3.05, 3.63) is 78.3 Å². The number of benzene rings is 1. The lowest BCUT2D eigenvalue weighted by molar-refractivity contribution is 0.0981. The number of aromatic nitrogens is 3. The van der Waals surface area contributed by atoms with Crippen LogP contribution in [0, 0.1) is 23.6 Å². The number of anilines is 1. The van der Waals surface area contributed by atoms with Crippen molar-refractivity contribution in [1.29, 1.82) is 0 Å². The molecule has 5 rings (SSSR count). The molecule has 9 nitrogen and oxygen atoms in total. The van der Waals surface area contributed by atoms with E-state index in [9.17, 15) is 17.6 Å². The van der Waals surface area contributed by atoms with Crippen molar-refractivity contribution in [2.75, 3.05) is 24.6 Å². The monoisotopic (exact) mass is 537 g/mol. The Labute approximate surface area is 220 Å². The van der Waals surface area contributed by atoms with Crippen molar-refractivity contribution in [3.63, 3.8) is 0 Å². The molecule has 3 aromatic rings. The number of hydrogen-bond donors (Lipinski definition) is 2. The normalized spacial score (nSPS) is 18.6. The molecule has 1 aliphatic heterocycles. The molecule has 2 aliphatic rings. The third-order valence-electron chi connectivity index (χ3n) is 6.40. The molecule has 2 N–H and O–H groups in total. The van der Waals surface area contributed by atoms with E-state index in [0.717, 1.165) is 0 Å². The van der Waals surface area contributed by atoms with Gasteiger partial charge in [-0.05, 0) is 36.2 Å². The van der Waals surface area contributed by atoms with Crippen LogP contribution in [0.2, 0.25) is 0 Å². The van der Waals surface area contributed by atoms with E-state index in [0.29, 0.717) is 42.5 Å². The molecule has 2 unspecified atom stereocenters. The first kappa shape index (κ1) is 25.7. The number of H-pyrrole nitrogens is 1. The van der Waals surface area contributed by atoms with Crippen LogP contribution in [0.25, 0.3) is 11.3 Å². The standard InChI is InChI=1S/C27H28FN5O4S/c1-17(2)16-37-22-12-20(11-21(28)13-22)24-8-7-23(27(34)32-38(35,36)25-9-10-29-31-25)26(30-24)33-14-18-5-3-4-6-19(18)15-33/h3-13,17-19H,14-16H2,1-2H3,(H,29,31)(H,32,34). The van der Waals surface area contributed by atoms with Crippen molar-refractivity contribution in [2.45, 2.75) is 18.9 Å². The second-order valence-corrected chi connectivity index (χ2v) is 11.5. The predicted octanol–water partition coefficient (Wildman–Crippen LogP) is 3.94. The minimum atomic E-state index is -4.16. The first-order valence-corrected chi connectivity index (χ1v) is 13.8. The highest BCUT2D eigenvalue weighted by Crippen LogP contribution is 2.35. The summed E-state index contributed by atoms with van der Waals surface area (Å²) in [6.45, 7) is 5.64. The van der Waals surface area contributed by atoms with Crippen molar-refractivity contribution < 1.29 is 22.3 Å². The highest BCUT2D eigenvalue weighted by atomic mass is 32.2. The largest absolute Gasteiger partial charge is 0.493 e. The number of allylic oxidation sites excluding steroid dienone is 2. The van der Waals surface area contributed by atoms with Gasteiger partial charge in [0.05, 0.1) is 24.1 Å². The van der Waals surface area contributed by atoms with Gasteiger partial charge in [0.2, 0.25) is 0 Å². The highest BCUT2D eigenvalue weighted by molar-refractivity contribution is 7.90. The summed E-state index contributed by atoms with van der Waals surface area (Å²) in [4.78, 5) is 20.0. The molecule has 0 radical (unpaired) electrons. The first-order valence-electron chi connectivity index (χ1n) is 12.3. The molecule has 2 atom stereocenters. The number of rotatable bonds is 8. The first-order chi connectivity index (χ1) is 18.2. The summed E-state index contributed by atoms with van der Waals surface area (Å²) in [6.07, 6.45) is 9.49. The van der Waals surface area contributed by atoms with Gasteiger partial charge in [0.1, 0.15) is 17.4 Å². The Morgan fingerprint density at radius 2 is 1.89 bits per heavy atom. The number of fused-ring (bicyclic) bond motifs is 1. The summed E-state index contributed by atoms with van der Waals surface area (Å²) >= 11 is 0. The summed E-state index contributed by atoms with van der Waals surface area (Å²) in [5.41, 5.74) is 1.01. The Hall–Kier alpha value is -3.99. The van der Waals surface area contributed by atoms with E-state index in [-0.39, 0.29) is 28.3 Å². The van der Waals surface area contributed by atoms with Gasteiger partial charge in [-0.1, -0.05) is 38.2 Å². The highest BCUT2D eigenvalue weighted by Gasteiger charge is 2.34. The zero-order valence-corrected chi connectivity index (χ0v) is 21.8. The van der Waals surface area contributed by atoms with Gasteiger partial charge < -0.3 is 9.64 Å². The molecule has 1 fully saturated rings. The molecular formula is C27H28FN5O4S. The van der Waals surface area contributed by atoms with Crippen LogP contribution in [0.3, 0.4) is 0 Å². The lowest BCUT2D eigenvalue weighted by atomic mass is 9.92. The number of halogens is 1. The van der Waals surface area contributed by atoms with Crippen molar-refractivity contribution in [2.24, 2.45) is 17.8 Å². The fourth-order valence-electron chi connectivity index (χ4n) is 4.56. The molecular weight excluding hydrogens is 509 g/mol. The molecule has 198 valence electrons. The van der Waals surface area contributed by atoms with Crippen LogP contribution in [0.1, 0.15) is 24.2 Å². The molecule has 1 amide bonds. The third kappa shape index (κ3) is 5.47. The molecule has 3 heterocycles. The van der Waals surface area contributed by atoms with Crippen LogP contribution in [0.5, 0.6) is 5.75 Å². The van der Waals surface area contributed by atoms with Crippen molar-refractivity contribution >= 4 is 21.7 Å². The second-order valence-electron chi connectivity index (χ2n) is 9.81. The minimum Gasteiger partial charge on any atom is -0.493 e. The maximum atomic E-state index is 14.5. The van der Waals surface area contributed by atoms with Crippen LogP contribution in [0.4, 0.5) is 10.2 Å². The van der Waals surface area contributed by atoms with Gasteiger partial charge in [0, 0.05) is 36.6 Å². The van der Waals surface area contributed by atoms with Gasteiger partial charge in [-0.25, -0.2) is 14.1 Å². The van der Waals surface area contributed by atoms with Gasteiger partial charge in [0.25, 0.3) is 15.9 Å². The van der Waals surface area contributed by atoms with E-state index in [2.05, 4.69) is 27.1 Å². The van der Waals surface area contributed by atoms with E-state index in [1.165, 1.54) is 30.5 Å². The number of hydrogen-bond acceptors (Lipinski definition) is 7. The SMILES string of the molecule is CC(C)COc1cc(F)cc(-c2ccc(C(=O)NS(=O)(=O)c3ccn[nH]3)c(N3CC4C=CC=CC4C3)n2)c1. The van der Waals surface area contributed by atoms with Crippen LogP contribution in [0.15, 0.2) is 71.9 Å². The smallest absolute Gasteiger partial charge is 0.281 e. The fourth-order valence-corrected chi connectivity index (χ4v) is 5.43. The topological polar surface area (TPSA) is 117 Å². The molecule has 38 heavy (non-hydrogen) atoms. The maximum absolute atomic E-state index is 14.5. The minimum absolute atomic E-state index is 0.0936. The maximum Gasteiger partial charge on any atom is 0.281 e. The van der Waals surface area contributed by atoms with Gasteiger partial charge >= 0.3 is 0 Å². The molecule has 0 spiro atoms. The quantitative estimate of drug-likeness (QED) is 0.447. The summed E-state index contributed by atoms with van der Waals surface area (Å²) in [6, 6.07) is 8.72. The number of pyridine rings is 1. The Morgan fingerprint density at radius 1 is 1.16 bits per heavy atom. The number of amides is 1. The molecule has 0 bridgehead atoms.